The van der Waals surface area contributed by atoms with E-state index in [9.17, 15) is 4.39 Å². The van der Waals surface area contributed by atoms with Gasteiger partial charge in [-0.2, -0.15) is 15.5 Å². The van der Waals surface area contributed by atoms with Crippen molar-refractivity contribution in [1.82, 2.24) is 19.6 Å². The molecule has 8 heteroatoms. The summed E-state index contributed by atoms with van der Waals surface area (Å²) in [5.41, 5.74) is 10.1. The van der Waals surface area contributed by atoms with Gasteiger partial charge in [-0.25, -0.2) is 9.07 Å². The van der Waals surface area contributed by atoms with Crippen molar-refractivity contribution in [3.63, 3.8) is 0 Å². The molecule has 1 aliphatic carbocycles. The van der Waals surface area contributed by atoms with Crippen molar-refractivity contribution < 1.29 is 9.13 Å². The lowest BCUT2D eigenvalue weighted by Crippen LogP contribution is -2.17. The number of aromatic nitrogens is 4. The Morgan fingerprint density at radius 2 is 2.03 bits per heavy atom. The lowest BCUT2D eigenvalue weighted by Gasteiger charge is -2.15. The summed E-state index contributed by atoms with van der Waals surface area (Å²) in [4.78, 5) is 0. The number of hydrogen-bond acceptors (Lipinski definition) is 5. The highest BCUT2D eigenvalue weighted by atomic mass is 19.1. The monoisotopic (exact) mass is 444 g/mol. The summed E-state index contributed by atoms with van der Waals surface area (Å²) in [6, 6.07) is 12.8. The van der Waals surface area contributed by atoms with Gasteiger partial charge in [0.15, 0.2) is 0 Å². The third-order valence-electron chi connectivity index (χ3n) is 6.34. The van der Waals surface area contributed by atoms with Crippen molar-refractivity contribution in [3.8, 4) is 34.3 Å². The van der Waals surface area contributed by atoms with Crippen LogP contribution in [0.25, 0.3) is 33.3 Å². The summed E-state index contributed by atoms with van der Waals surface area (Å²) in [6.45, 7) is 2.40. The van der Waals surface area contributed by atoms with Crippen molar-refractivity contribution in [2.75, 3.05) is 6.61 Å². The van der Waals surface area contributed by atoms with Gasteiger partial charge >= 0.3 is 0 Å². The maximum Gasteiger partial charge on any atom is 0.220 e. The number of aryl methyl sites for hydroxylation is 1. The van der Waals surface area contributed by atoms with E-state index in [0.29, 0.717) is 23.7 Å². The third-order valence-corrected chi connectivity index (χ3v) is 6.34. The van der Waals surface area contributed by atoms with E-state index in [1.807, 2.05) is 47.7 Å². The molecule has 0 bridgehead atoms. The standard InChI is InChI=1S/C25H25FN6O/c1-3-33-25-23(15-6-9-22-18(10-15)14-29-31(22)2)24(16-4-5-17(13-27)21(26)11-16)30-32(25)20-8-7-19(28)12-20/h4-6,9-11,14,19-20H,3,7-8,12,28H2,1-2H3. The minimum absolute atomic E-state index is 0.00307. The van der Waals surface area contributed by atoms with Crippen LogP contribution in [-0.2, 0) is 7.05 Å². The van der Waals surface area contributed by atoms with Gasteiger partial charge < -0.3 is 10.5 Å². The zero-order valence-corrected chi connectivity index (χ0v) is 18.6. The molecule has 168 valence electrons. The number of nitrogens with zero attached hydrogens (tertiary/aromatic N) is 5. The summed E-state index contributed by atoms with van der Waals surface area (Å²) in [7, 11) is 1.90. The van der Waals surface area contributed by atoms with E-state index in [0.717, 1.165) is 41.3 Å². The summed E-state index contributed by atoms with van der Waals surface area (Å²) < 4.78 is 24.5. The molecule has 5 rings (SSSR count). The fourth-order valence-electron chi connectivity index (χ4n) is 4.69. The Morgan fingerprint density at radius 3 is 2.73 bits per heavy atom. The van der Waals surface area contributed by atoms with Crippen LogP contribution in [-0.4, -0.2) is 32.2 Å². The number of fused-ring (bicyclic) bond motifs is 1. The van der Waals surface area contributed by atoms with Crippen LogP contribution in [0.3, 0.4) is 0 Å². The molecule has 2 atom stereocenters. The summed E-state index contributed by atoms with van der Waals surface area (Å²) in [6.07, 6.45) is 4.46. The molecular weight excluding hydrogens is 419 g/mol. The van der Waals surface area contributed by atoms with Gasteiger partial charge in [0.2, 0.25) is 5.88 Å². The normalized spacial score (nSPS) is 18.0. The van der Waals surface area contributed by atoms with Crippen LogP contribution in [0.5, 0.6) is 5.88 Å². The topological polar surface area (TPSA) is 94.7 Å². The maximum absolute atomic E-state index is 14.6. The average Bonchev–Trinajstić information content (AvgIpc) is 3.51. The van der Waals surface area contributed by atoms with Crippen molar-refractivity contribution in [2.24, 2.45) is 12.8 Å². The summed E-state index contributed by atoms with van der Waals surface area (Å²) in [5.74, 6) is 0.0821. The van der Waals surface area contributed by atoms with Crippen molar-refractivity contribution in [1.29, 1.82) is 5.26 Å². The quantitative estimate of drug-likeness (QED) is 0.487. The highest BCUT2D eigenvalue weighted by Crippen LogP contribution is 2.44. The largest absolute Gasteiger partial charge is 0.478 e. The SMILES string of the molecule is CCOc1c(-c2ccc3c(cnn3C)c2)c(-c2ccc(C#N)c(F)c2)nn1C1CCC(N)C1. The Bertz CT molecular complexity index is 1380. The van der Waals surface area contributed by atoms with E-state index in [1.54, 1.807) is 6.07 Å². The van der Waals surface area contributed by atoms with Crippen LogP contribution in [0, 0.1) is 17.1 Å². The van der Waals surface area contributed by atoms with Crippen molar-refractivity contribution in [2.45, 2.75) is 38.3 Å². The fraction of sp³-hybridized carbons (Fsp3) is 0.320. The second-order valence-electron chi connectivity index (χ2n) is 8.48. The van der Waals surface area contributed by atoms with Gasteiger partial charge in [-0.05, 0) is 56.0 Å². The highest BCUT2D eigenvalue weighted by molar-refractivity contribution is 5.91. The maximum atomic E-state index is 14.6. The molecule has 2 aromatic heterocycles. The summed E-state index contributed by atoms with van der Waals surface area (Å²) in [5, 5.41) is 19.4. The van der Waals surface area contributed by atoms with Crippen LogP contribution >= 0.6 is 0 Å². The van der Waals surface area contributed by atoms with Gasteiger partial charge in [0.1, 0.15) is 17.6 Å². The van der Waals surface area contributed by atoms with Crippen LogP contribution in [0.1, 0.15) is 37.8 Å². The molecule has 1 saturated carbocycles. The van der Waals surface area contributed by atoms with Gasteiger partial charge in [-0.1, -0.05) is 12.1 Å². The Hall–Kier alpha value is -3.70. The van der Waals surface area contributed by atoms with E-state index in [4.69, 9.17) is 20.8 Å². The fourth-order valence-corrected chi connectivity index (χ4v) is 4.69. The van der Waals surface area contributed by atoms with Crippen LogP contribution in [0.15, 0.2) is 42.6 Å². The number of benzene rings is 2. The first-order valence-electron chi connectivity index (χ1n) is 11.1. The molecule has 0 amide bonds. The Balaban J connectivity index is 1.76. The Labute approximate surface area is 191 Å². The Morgan fingerprint density at radius 1 is 1.21 bits per heavy atom. The minimum Gasteiger partial charge on any atom is -0.478 e. The third kappa shape index (κ3) is 3.64. The number of rotatable bonds is 5. The first-order valence-corrected chi connectivity index (χ1v) is 11.1. The molecule has 0 saturated heterocycles. The van der Waals surface area contributed by atoms with Gasteiger partial charge in [-0.3, -0.25) is 4.68 Å². The zero-order valence-electron chi connectivity index (χ0n) is 18.6. The van der Waals surface area contributed by atoms with Gasteiger partial charge in [0.25, 0.3) is 0 Å². The van der Waals surface area contributed by atoms with Gasteiger partial charge in [0, 0.05) is 24.0 Å². The second kappa shape index (κ2) is 8.34. The van der Waals surface area contributed by atoms with Gasteiger partial charge in [-0.15, -0.1) is 0 Å². The highest BCUT2D eigenvalue weighted by Gasteiger charge is 2.31. The number of hydrogen-bond donors (Lipinski definition) is 1. The summed E-state index contributed by atoms with van der Waals surface area (Å²) >= 11 is 0. The molecular formula is C25H25FN6O. The Kier molecular flexibility index (Phi) is 5.35. The number of ether oxygens (including phenoxy) is 1. The molecule has 0 aliphatic heterocycles. The smallest absolute Gasteiger partial charge is 0.220 e. The lowest BCUT2D eigenvalue weighted by molar-refractivity contribution is 0.285. The predicted octanol–water partition coefficient (Wildman–Crippen LogP) is 4.57. The minimum atomic E-state index is -0.570. The van der Waals surface area contributed by atoms with Gasteiger partial charge in [0.05, 0.1) is 35.5 Å². The van der Waals surface area contributed by atoms with Crippen LogP contribution in [0.2, 0.25) is 0 Å². The van der Waals surface area contributed by atoms with E-state index >= 15 is 0 Å². The first-order chi connectivity index (χ1) is 16.0. The first kappa shape index (κ1) is 21.2. The number of nitriles is 1. The molecule has 2 aromatic carbocycles. The lowest BCUT2D eigenvalue weighted by atomic mass is 9.99. The van der Waals surface area contributed by atoms with E-state index < -0.39 is 5.82 Å². The van der Waals surface area contributed by atoms with Crippen molar-refractivity contribution in [3.05, 3.63) is 54.0 Å². The number of halogens is 1. The van der Waals surface area contributed by atoms with E-state index in [2.05, 4.69) is 11.2 Å². The average molecular weight is 445 g/mol. The molecule has 2 heterocycles. The van der Waals surface area contributed by atoms with Crippen molar-refractivity contribution >= 4 is 10.9 Å². The molecule has 2 N–H and O–H groups in total. The molecule has 2 unspecified atom stereocenters. The predicted molar refractivity (Wildman–Crippen MR) is 124 cm³/mol. The molecule has 1 fully saturated rings. The van der Waals surface area contributed by atoms with Crippen LogP contribution in [0.4, 0.5) is 4.39 Å². The van der Waals surface area contributed by atoms with E-state index in [-0.39, 0.29) is 17.6 Å². The molecule has 1 aliphatic rings. The number of nitrogens with two attached hydrogens (primary N) is 1. The molecule has 0 radical (unpaired) electrons. The molecule has 7 nitrogen and oxygen atoms in total. The molecule has 4 aromatic rings. The zero-order chi connectivity index (χ0) is 23.1. The molecule has 0 spiro atoms. The second-order valence-corrected chi connectivity index (χ2v) is 8.48. The van der Waals surface area contributed by atoms with E-state index in [1.165, 1.54) is 12.1 Å². The molecule has 33 heavy (non-hydrogen) atoms. The van der Waals surface area contributed by atoms with Crippen LogP contribution < -0.4 is 10.5 Å².